The first-order valence-electron chi connectivity index (χ1n) is 24.3. The molecule has 6 aliphatic rings. The Balaban J connectivity index is 0.000000116. The van der Waals surface area contributed by atoms with Gasteiger partial charge < -0.3 is 24.8 Å². The standard InChI is InChI=1S/4C12H11.2C6H10.2ClH.2Zr/c4*1-2-4-11-9(3-1)7-8-12(11)10-5-6-10;2*1-2-4-6-5-3-1;;;;/h4*1-4,7-8,10H,5-6H2;2*1-5H2;2*1H;;/q4*-1;;;;;2*+2/p-2. The third-order valence-corrected chi connectivity index (χ3v) is 16.3. The van der Waals surface area contributed by atoms with Crippen LogP contribution in [-0.2, 0) is 48.5 Å². The van der Waals surface area contributed by atoms with Gasteiger partial charge in [-0.2, -0.15) is 22.3 Å². The van der Waals surface area contributed by atoms with E-state index in [1.807, 2.05) is 0 Å². The first kappa shape index (κ1) is 49.3. The molecule has 4 heteroatoms. The maximum absolute atomic E-state index is 2.29. The Morgan fingerprint density at radius 1 is 0.312 bits per heavy atom. The van der Waals surface area contributed by atoms with Crippen LogP contribution in [0, 0.1) is 0 Å². The zero-order chi connectivity index (χ0) is 42.1. The number of rotatable bonds is 4. The van der Waals surface area contributed by atoms with E-state index in [0.29, 0.717) is 0 Å². The second-order valence-corrected chi connectivity index (χ2v) is 22.4. The molecule has 0 saturated heterocycles. The van der Waals surface area contributed by atoms with E-state index in [4.69, 9.17) is 0 Å². The molecule has 328 valence electrons. The Morgan fingerprint density at radius 3 is 0.719 bits per heavy atom. The zero-order valence-corrected chi connectivity index (χ0v) is 44.1. The van der Waals surface area contributed by atoms with Crippen LogP contribution in [0.5, 0.6) is 0 Å². The molecule has 0 amide bonds. The summed E-state index contributed by atoms with van der Waals surface area (Å²) in [5, 5.41) is 11.5. The number of fused-ring (bicyclic) bond motifs is 4. The maximum Gasteiger partial charge on any atom is -0.0553 e. The van der Waals surface area contributed by atoms with E-state index in [2.05, 4.69) is 146 Å². The van der Waals surface area contributed by atoms with Gasteiger partial charge in [-0.15, -0.1) is 164 Å². The molecule has 6 saturated carbocycles. The number of hydrogen-bond acceptors (Lipinski definition) is 0. The minimum Gasteiger partial charge on any atom is -0.150 e. The van der Waals surface area contributed by atoms with Crippen LogP contribution in [0.3, 0.4) is 0 Å². The Morgan fingerprint density at radius 2 is 0.531 bits per heavy atom. The normalized spacial score (nSPS) is 17.8. The van der Waals surface area contributed by atoms with Gasteiger partial charge in [0.25, 0.3) is 0 Å². The molecule has 0 atom stereocenters. The molecule has 0 bridgehead atoms. The molecule has 8 aromatic rings. The van der Waals surface area contributed by atoms with Crippen LogP contribution in [0.4, 0.5) is 0 Å². The third kappa shape index (κ3) is 13.7. The van der Waals surface area contributed by atoms with Gasteiger partial charge in [0.05, 0.1) is 0 Å². The molecule has 0 N–H and O–H groups in total. The summed E-state index contributed by atoms with van der Waals surface area (Å²) in [6.45, 7) is 0. The molecular weight excluding hydrogens is 974 g/mol. The van der Waals surface area contributed by atoms with Gasteiger partial charge in [-0.25, -0.2) is 0 Å². The molecule has 8 aromatic carbocycles. The third-order valence-electron chi connectivity index (χ3n) is 13.8. The molecule has 0 radical (unpaired) electrons. The summed E-state index contributed by atoms with van der Waals surface area (Å²) in [5.41, 5.74) is 6.30. The van der Waals surface area contributed by atoms with Crippen molar-refractivity contribution in [2.45, 2.75) is 139 Å². The fraction of sp³-hybridized carbons (Fsp3) is 0.367. The Bertz CT molecular complexity index is 2320. The van der Waals surface area contributed by atoms with Crippen LogP contribution in [0.1, 0.15) is 162 Å². The fourth-order valence-corrected chi connectivity index (χ4v) is 11.4. The van der Waals surface area contributed by atoms with Crippen molar-refractivity contribution in [2.24, 2.45) is 0 Å². The van der Waals surface area contributed by atoms with E-state index in [-0.39, 0.29) is 24.8 Å². The van der Waals surface area contributed by atoms with Gasteiger partial charge in [0.2, 0.25) is 0 Å². The predicted octanol–water partition coefficient (Wildman–Crippen LogP) is 11.1. The zero-order valence-electron chi connectivity index (χ0n) is 37.6. The largest absolute Gasteiger partial charge is 0.150 e. The van der Waals surface area contributed by atoms with Crippen LogP contribution in [-0.4, -0.2) is 6.41 Å². The van der Waals surface area contributed by atoms with Gasteiger partial charge in [-0.3, -0.25) is 0 Å². The van der Waals surface area contributed by atoms with E-state index in [0.717, 1.165) is 23.7 Å². The van der Waals surface area contributed by atoms with Gasteiger partial charge in [0.15, 0.2) is 0 Å². The van der Waals surface area contributed by atoms with Gasteiger partial charge in [-0.05, 0) is 0 Å². The summed E-state index contributed by atoms with van der Waals surface area (Å²) >= 11 is 3.38. The molecule has 14 rings (SSSR count). The Labute approximate surface area is 425 Å². The predicted molar refractivity (Wildman–Crippen MR) is 262 cm³/mol. The summed E-state index contributed by atoms with van der Waals surface area (Å²) in [6, 6.07) is 52.8. The molecule has 0 unspecified atom stereocenters. The summed E-state index contributed by atoms with van der Waals surface area (Å²) in [4.78, 5) is 0. The number of halogens is 2. The molecule has 0 spiro atoms. The fourth-order valence-electron chi connectivity index (χ4n) is 9.66. The summed E-state index contributed by atoms with van der Waals surface area (Å²) in [6.07, 6.45) is 25.8. The number of benzene rings is 4. The van der Waals surface area contributed by atoms with Crippen molar-refractivity contribution in [1.82, 2.24) is 0 Å². The van der Waals surface area contributed by atoms with Crippen molar-refractivity contribution in [1.29, 1.82) is 0 Å². The van der Waals surface area contributed by atoms with E-state index in [9.17, 15) is 0 Å². The minimum atomic E-state index is 0. The molecule has 6 fully saturated rings. The van der Waals surface area contributed by atoms with Crippen molar-refractivity contribution < 1.29 is 73.3 Å². The molecule has 6 aliphatic carbocycles. The average molecular weight is 1040 g/mol. The molecule has 0 aliphatic heterocycles. The second kappa shape index (κ2) is 24.4. The van der Waals surface area contributed by atoms with Crippen LogP contribution in [0.2, 0.25) is 0 Å². The van der Waals surface area contributed by atoms with Crippen molar-refractivity contribution in [3.05, 3.63) is 168 Å². The van der Waals surface area contributed by atoms with Crippen LogP contribution in [0.15, 0.2) is 146 Å². The Kier molecular flexibility index (Phi) is 18.8. The quantitative estimate of drug-likeness (QED) is 0.154. The van der Waals surface area contributed by atoms with Gasteiger partial charge in [0.1, 0.15) is 0 Å². The van der Waals surface area contributed by atoms with E-state index in [1.165, 1.54) is 159 Å². The average Bonchev–Trinajstić information content (AvgIpc) is 4.17. The SMILES string of the molecule is [Cl-].[Cl-].[Zr+2]=[C]1CCCCC1.[Zr+2]=[C]1CCCCC1.c1ccc2c(C3CC3)c[cH-]c2c1.c1ccc2c(C3CC3)c[cH-]c2c1.c1ccc2c(C3CC3)c[cH-]c2c1.c1ccc2c(C3CC3)c[cH-]c2c1. The summed E-state index contributed by atoms with van der Waals surface area (Å²) < 4.78 is 3.61. The number of hydrogen-bond donors (Lipinski definition) is 0. The molecule has 0 heterocycles. The van der Waals surface area contributed by atoms with Crippen molar-refractivity contribution in [3.8, 4) is 0 Å². The van der Waals surface area contributed by atoms with Crippen LogP contribution < -0.4 is 24.8 Å². The van der Waals surface area contributed by atoms with Gasteiger partial charge in [-0.1, -0.05) is 99.3 Å². The van der Waals surface area contributed by atoms with Crippen LogP contribution >= 0.6 is 0 Å². The second-order valence-electron chi connectivity index (χ2n) is 18.9. The first-order valence-corrected chi connectivity index (χ1v) is 26.7. The molecule has 0 aromatic heterocycles. The van der Waals surface area contributed by atoms with Crippen LogP contribution in [0.25, 0.3) is 43.1 Å². The molecular formula is C60H64Cl2Zr2-2. The summed E-state index contributed by atoms with van der Waals surface area (Å²) in [5.74, 6) is 3.52. The van der Waals surface area contributed by atoms with E-state index >= 15 is 0 Å². The topological polar surface area (TPSA) is 0 Å². The van der Waals surface area contributed by atoms with Gasteiger partial charge in [0, 0.05) is 0 Å². The van der Waals surface area contributed by atoms with Crippen molar-refractivity contribution >= 4 is 49.5 Å². The summed E-state index contributed by atoms with van der Waals surface area (Å²) in [7, 11) is 0. The van der Waals surface area contributed by atoms with E-state index < -0.39 is 0 Å². The molecule has 0 nitrogen and oxygen atoms in total. The first-order chi connectivity index (χ1) is 30.6. The maximum atomic E-state index is 2.29. The van der Waals surface area contributed by atoms with Crippen molar-refractivity contribution in [3.63, 3.8) is 0 Å². The molecule has 64 heavy (non-hydrogen) atoms. The smallest absolute Gasteiger partial charge is 0.0553 e. The van der Waals surface area contributed by atoms with Gasteiger partial charge >= 0.3 is 119 Å². The monoisotopic (exact) mass is 1030 g/mol. The van der Waals surface area contributed by atoms with E-state index in [1.54, 1.807) is 77.1 Å². The minimum absolute atomic E-state index is 0. The van der Waals surface area contributed by atoms with Crippen molar-refractivity contribution in [2.75, 3.05) is 0 Å². The Hall–Kier alpha value is -2.59.